The summed E-state index contributed by atoms with van der Waals surface area (Å²) in [6.45, 7) is 15.0. The smallest absolute Gasteiger partial charge is 0.399 e. The molecule has 2 saturated heterocycles. The highest BCUT2D eigenvalue weighted by Crippen LogP contribution is 2.36. The SMILES string of the molecule is CCCN1CCN(C(=O)c2ccc(B3OC(C)(C)C(C)(C)O3)cc2)CC1. The van der Waals surface area contributed by atoms with E-state index in [0.29, 0.717) is 0 Å². The molecule has 0 aromatic heterocycles. The van der Waals surface area contributed by atoms with Crippen LogP contribution in [0.25, 0.3) is 0 Å². The van der Waals surface area contributed by atoms with Crippen molar-refractivity contribution in [2.24, 2.45) is 0 Å². The first kappa shape index (κ1) is 19.4. The highest BCUT2D eigenvalue weighted by atomic mass is 16.7. The van der Waals surface area contributed by atoms with Crippen LogP contribution >= 0.6 is 0 Å². The van der Waals surface area contributed by atoms with E-state index in [4.69, 9.17) is 9.31 Å². The van der Waals surface area contributed by atoms with Crippen molar-refractivity contribution in [3.05, 3.63) is 29.8 Å². The van der Waals surface area contributed by atoms with E-state index in [1.54, 1.807) is 0 Å². The molecule has 142 valence electrons. The second kappa shape index (κ2) is 7.33. The van der Waals surface area contributed by atoms with Crippen LogP contribution in [-0.2, 0) is 9.31 Å². The van der Waals surface area contributed by atoms with E-state index < -0.39 is 0 Å². The summed E-state index contributed by atoms with van der Waals surface area (Å²) in [5, 5.41) is 0. The molecule has 6 heteroatoms. The largest absolute Gasteiger partial charge is 0.494 e. The maximum absolute atomic E-state index is 12.7. The molecule has 0 spiro atoms. The molecule has 5 nitrogen and oxygen atoms in total. The average Bonchev–Trinajstić information content (AvgIpc) is 2.83. The maximum atomic E-state index is 12.7. The van der Waals surface area contributed by atoms with Gasteiger partial charge in [0.2, 0.25) is 0 Å². The quantitative estimate of drug-likeness (QED) is 0.774. The Bertz CT molecular complexity index is 621. The van der Waals surface area contributed by atoms with Crippen LogP contribution in [0.3, 0.4) is 0 Å². The third-order valence-corrected chi connectivity index (χ3v) is 5.88. The highest BCUT2D eigenvalue weighted by molar-refractivity contribution is 6.62. The number of benzene rings is 1. The fourth-order valence-corrected chi connectivity index (χ4v) is 3.44. The van der Waals surface area contributed by atoms with Gasteiger partial charge in [0.15, 0.2) is 0 Å². The van der Waals surface area contributed by atoms with Crippen LogP contribution in [0, 0.1) is 0 Å². The Morgan fingerprint density at radius 3 is 2.04 bits per heavy atom. The van der Waals surface area contributed by atoms with E-state index in [2.05, 4.69) is 11.8 Å². The van der Waals surface area contributed by atoms with Crippen LogP contribution in [0.15, 0.2) is 24.3 Å². The molecule has 2 heterocycles. The van der Waals surface area contributed by atoms with Crippen LogP contribution < -0.4 is 5.46 Å². The number of hydrogen-bond acceptors (Lipinski definition) is 4. The van der Waals surface area contributed by atoms with Gasteiger partial charge in [-0.15, -0.1) is 0 Å². The minimum atomic E-state index is -0.387. The Kier molecular flexibility index (Phi) is 5.47. The molecule has 0 radical (unpaired) electrons. The van der Waals surface area contributed by atoms with Crippen LogP contribution in [0.2, 0.25) is 0 Å². The molecule has 2 aliphatic rings. The van der Waals surface area contributed by atoms with Crippen molar-refractivity contribution in [3.8, 4) is 0 Å². The van der Waals surface area contributed by atoms with Crippen molar-refractivity contribution >= 4 is 18.5 Å². The zero-order valence-corrected chi connectivity index (χ0v) is 16.7. The summed E-state index contributed by atoms with van der Waals surface area (Å²) in [6, 6.07) is 7.67. The Hall–Kier alpha value is -1.37. The molecule has 2 fully saturated rings. The van der Waals surface area contributed by atoms with Gasteiger partial charge >= 0.3 is 7.12 Å². The molecular formula is C20H31BN2O3. The molecule has 1 aromatic rings. The first-order chi connectivity index (χ1) is 12.2. The van der Waals surface area contributed by atoms with Crippen molar-refractivity contribution in [3.63, 3.8) is 0 Å². The van der Waals surface area contributed by atoms with Gasteiger partial charge in [-0.05, 0) is 58.3 Å². The number of amides is 1. The van der Waals surface area contributed by atoms with Crippen molar-refractivity contribution < 1.29 is 14.1 Å². The fourth-order valence-electron chi connectivity index (χ4n) is 3.44. The fraction of sp³-hybridized carbons (Fsp3) is 0.650. The summed E-state index contributed by atoms with van der Waals surface area (Å²) >= 11 is 0. The topological polar surface area (TPSA) is 42.0 Å². The minimum Gasteiger partial charge on any atom is -0.399 e. The van der Waals surface area contributed by atoms with E-state index in [0.717, 1.165) is 50.2 Å². The molecule has 0 bridgehead atoms. The highest BCUT2D eigenvalue weighted by Gasteiger charge is 2.51. The molecule has 0 saturated carbocycles. The lowest BCUT2D eigenvalue weighted by Gasteiger charge is -2.34. The zero-order chi connectivity index (χ0) is 18.9. The van der Waals surface area contributed by atoms with Crippen LogP contribution in [0.1, 0.15) is 51.4 Å². The molecule has 3 rings (SSSR count). The number of hydrogen-bond donors (Lipinski definition) is 0. The predicted molar refractivity (Wildman–Crippen MR) is 105 cm³/mol. The third kappa shape index (κ3) is 3.82. The maximum Gasteiger partial charge on any atom is 0.494 e. The lowest BCUT2D eigenvalue weighted by molar-refractivity contribution is 0.00578. The van der Waals surface area contributed by atoms with Crippen molar-refractivity contribution in [1.82, 2.24) is 9.80 Å². The summed E-state index contributed by atoms with van der Waals surface area (Å²) in [5.74, 6) is 0.113. The first-order valence-corrected chi connectivity index (χ1v) is 9.71. The normalized spacial score (nSPS) is 22.7. The Morgan fingerprint density at radius 1 is 1.00 bits per heavy atom. The molecule has 0 atom stereocenters. The second-order valence-electron chi connectivity index (χ2n) is 8.34. The van der Waals surface area contributed by atoms with Gasteiger partial charge in [0.05, 0.1) is 11.2 Å². The van der Waals surface area contributed by atoms with Gasteiger partial charge in [-0.3, -0.25) is 9.69 Å². The van der Waals surface area contributed by atoms with E-state index in [9.17, 15) is 4.79 Å². The summed E-state index contributed by atoms with van der Waals surface area (Å²) in [4.78, 5) is 17.1. The Morgan fingerprint density at radius 2 is 1.54 bits per heavy atom. The third-order valence-electron chi connectivity index (χ3n) is 5.88. The van der Waals surface area contributed by atoms with Gasteiger partial charge in [-0.1, -0.05) is 19.1 Å². The molecule has 0 N–H and O–H groups in total. The van der Waals surface area contributed by atoms with E-state index in [-0.39, 0.29) is 24.2 Å². The number of nitrogens with zero attached hydrogens (tertiary/aromatic N) is 2. The van der Waals surface area contributed by atoms with Gasteiger partial charge in [0.1, 0.15) is 0 Å². The predicted octanol–water partition coefficient (Wildman–Crippen LogP) is 2.15. The Balaban J connectivity index is 1.62. The monoisotopic (exact) mass is 358 g/mol. The van der Waals surface area contributed by atoms with Gasteiger partial charge in [-0.25, -0.2) is 0 Å². The number of carbonyl (C=O) groups is 1. The number of carbonyl (C=O) groups excluding carboxylic acids is 1. The molecular weight excluding hydrogens is 327 g/mol. The van der Waals surface area contributed by atoms with Gasteiger partial charge in [0.25, 0.3) is 5.91 Å². The van der Waals surface area contributed by atoms with Crippen molar-refractivity contribution in [2.45, 2.75) is 52.2 Å². The van der Waals surface area contributed by atoms with Gasteiger partial charge < -0.3 is 14.2 Å². The zero-order valence-electron chi connectivity index (χ0n) is 16.7. The minimum absolute atomic E-state index is 0.113. The molecule has 1 amide bonds. The van der Waals surface area contributed by atoms with E-state index >= 15 is 0 Å². The average molecular weight is 358 g/mol. The number of piperazine rings is 1. The lowest BCUT2D eigenvalue weighted by Crippen LogP contribution is -2.48. The number of rotatable bonds is 4. The van der Waals surface area contributed by atoms with E-state index in [1.165, 1.54) is 0 Å². The van der Waals surface area contributed by atoms with Crippen LogP contribution in [0.5, 0.6) is 0 Å². The Labute approximate surface area is 157 Å². The standard InChI is InChI=1S/C20H31BN2O3/c1-6-11-22-12-14-23(15-13-22)18(24)16-7-9-17(10-8-16)21-25-19(2,3)20(4,5)26-21/h7-10H,6,11-15H2,1-5H3. The second-order valence-corrected chi connectivity index (χ2v) is 8.34. The summed E-state index contributed by atoms with van der Waals surface area (Å²) in [7, 11) is -0.387. The summed E-state index contributed by atoms with van der Waals surface area (Å²) in [6.07, 6.45) is 1.16. The molecule has 1 aromatic carbocycles. The first-order valence-electron chi connectivity index (χ1n) is 9.71. The van der Waals surface area contributed by atoms with Crippen molar-refractivity contribution in [1.29, 1.82) is 0 Å². The summed E-state index contributed by atoms with van der Waals surface area (Å²) < 4.78 is 12.2. The van der Waals surface area contributed by atoms with Crippen LogP contribution in [0.4, 0.5) is 0 Å². The van der Waals surface area contributed by atoms with Crippen molar-refractivity contribution in [2.75, 3.05) is 32.7 Å². The molecule has 0 aliphatic carbocycles. The summed E-state index contributed by atoms with van der Waals surface area (Å²) in [5.41, 5.74) is 0.969. The van der Waals surface area contributed by atoms with Gasteiger partial charge in [-0.2, -0.15) is 0 Å². The molecule has 0 unspecified atom stereocenters. The lowest BCUT2D eigenvalue weighted by atomic mass is 9.79. The van der Waals surface area contributed by atoms with E-state index in [1.807, 2.05) is 56.9 Å². The molecule has 2 aliphatic heterocycles. The molecule has 26 heavy (non-hydrogen) atoms. The van der Waals surface area contributed by atoms with Crippen LogP contribution in [-0.4, -0.2) is 66.8 Å². The van der Waals surface area contributed by atoms with Gasteiger partial charge in [0, 0.05) is 31.7 Å².